The molecule has 0 spiro atoms. The number of nitrogens with zero attached hydrogens (tertiary/aromatic N) is 4. The number of rotatable bonds is 4. The molecular weight excluding hydrogens is 815 g/mol. The summed E-state index contributed by atoms with van der Waals surface area (Å²) in [6.45, 7) is 5.41. The SMILES string of the molecule is CN1[I-]C=C2N=C1c1cc(ccc1F)Oc1c(F)cc3[nH]ccc3c1Cn1cc(cn1)C(C)(C)S(=O)(=O)CCCC2(C)c1cccc(CCC(=O)O)c1. The summed E-state index contributed by atoms with van der Waals surface area (Å²) >= 11 is -0.846. The fourth-order valence-electron chi connectivity index (χ4n) is 6.91. The molecule has 7 rings (SSSR count). The van der Waals surface area contributed by atoms with Crippen LogP contribution >= 0.6 is 0 Å². The number of ether oxygens (including phenoxy) is 1. The molecule has 10 nitrogen and oxygen atoms in total. The third kappa shape index (κ3) is 6.98. The topological polar surface area (TPSA) is 130 Å². The van der Waals surface area contributed by atoms with Gasteiger partial charge in [0.2, 0.25) is 0 Å². The number of carbonyl (C=O) groups is 1. The molecule has 1 unspecified atom stereocenters. The zero-order chi connectivity index (χ0) is 37.7. The van der Waals surface area contributed by atoms with Gasteiger partial charge in [0.25, 0.3) is 0 Å². The number of hydrogen-bond donors (Lipinski definition) is 2. The number of benzene rings is 3. The number of aromatic nitrogens is 3. The average Bonchev–Trinajstić information content (AvgIpc) is 3.79. The number of amidine groups is 1. The van der Waals surface area contributed by atoms with Crippen LogP contribution in [0.25, 0.3) is 10.9 Å². The Hall–Kier alpha value is -4.57. The van der Waals surface area contributed by atoms with E-state index in [0.717, 1.165) is 11.1 Å². The Morgan fingerprint density at radius 3 is 2.68 bits per heavy atom. The van der Waals surface area contributed by atoms with E-state index in [0.29, 0.717) is 52.8 Å². The number of aliphatic carboxylic acids is 1. The van der Waals surface area contributed by atoms with Crippen molar-refractivity contribution in [2.45, 2.75) is 63.2 Å². The summed E-state index contributed by atoms with van der Waals surface area (Å²) in [6.07, 6.45) is 5.89. The van der Waals surface area contributed by atoms with Crippen LogP contribution in [0, 0.1) is 11.6 Å². The molecule has 2 N–H and O–H groups in total. The molecule has 6 bridgehead atoms. The van der Waals surface area contributed by atoms with Crippen molar-refractivity contribution in [2.24, 2.45) is 4.99 Å². The van der Waals surface area contributed by atoms with Crippen LogP contribution in [-0.2, 0) is 37.8 Å². The molecule has 0 aliphatic carbocycles. The quantitative estimate of drug-likeness (QED) is 0.202. The summed E-state index contributed by atoms with van der Waals surface area (Å²) in [5.41, 5.74) is 3.24. The fourth-order valence-corrected chi connectivity index (χ4v) is 10.5. The first kappa shape index (κ1) is 36.8. The molecule has 4 heterocycles. The number of halogens is 3. The van der Waals surface area contributed by atoms with Crippen molar-refractivity contribution in [3.8, 4) is 11.5 Å². The molecule has 2 aliphatic rings. The van der Waals surface area contributed by atoms with Crippen LogP contribution in [-0.4, -0.2) is 56.0 Å². The van der Waals surface area contributed by atoms with Crippen molar-refractivity contribution >= 4 is 32.5 Å². The van der Waals surface area contributed by atoms with E-state index >= 15 is 8.78 Å². The third-order valence-electron chi connectivity index (χ3n) is 10.4. The number of carboxylic acid groups (broad SMARTS) is 1. The maximum atomic E-state index is 15.9. The van der Waals surface area contributed by atoms with Gasteiger partial charge < -0.3 is 0 Å². The molecule has 278 valence electrons. The standard InChI is InChI=1S/C39H39F2IN5O5S/c1-38(2)26-21-44-47(22-26)23-30-28-13-15-43-33(28)19-32(41)36(30)52-27-10-11-31(40)29(18-27)37-45-34(20-42-46(37)4)39(3,14-6-16-53(38,50)51)25-8-5-7-24(17-25)9-12-35(48)49/h5,7-8,10-11,13,15,17-22,43H,6,9,12,14,16,23H2,1-4H3,(H,48,49)/q-1. The zero-order valence-electron chi connectivity index (χ0n) is 29.7. The molecule has 3 aromatic carbocycles. The predicted molar refractivity (Wildman–Crippen MR) is 194 cm³/mol. The van der Waals surface area contributed by atoms with Crippen LogP contribution in [0.15, 0.2) is 88.0 Å². The van der Waals surface area contributed by atoms with E-state index in [1.54, 1.807) is 30.9 Å². The summed E-state index contributed by atoms with van der Waals surface area (Å²) < 4.78 is 70.6. The number of H-pyrrole nitrogens is 1. The number of fused-ring (bicyclic) bond motifs is 9. The van der Waals surface area contributed by atoms with Gasteiger partial charge in [-0.2, -0.15) is 0 Å². The Bertz CT molecular complexity index is 2420. The van der Waals surface area contributed by atoms with Crippen molar-refractivity contribution in [1.29, 1.82) is 0 Å². The van der Waals surface area contributed by atoms with Gasteiger partial charge in [0, 0.05) is 0 Å². The molecular formula is C39H39F2IN5O5S-. The molecule has 53 heavy (non-hydrogen) atoms. The van der Waals surface area contributed by atoms with Crippen molar-refractivity contribution < 1.29 is 53.3 Å². The molecule has 5 aromatic rings. The van der Waals surface area contributed by atoms with Crippen molar-refractivity contribution in [3.63, 3.8) is 0 Å². The fraction of sp³-hybridized carbons (Fsp3) is 0.308. The van der Waals surface area contributed by atoms with Crippen molar-refractivity contribution in [3.05, 3.63) is 122 Å². The van der Waals surface area contributed by atoms with E-state index in [1.165, 1.54) is 30.5 Å². The van der Waals surface area contributed by atoms with Gasteiger partial charge >= 0.3 is 319 Å². The molecule has 0 amide bonds. The minimum absolute atomic E-state index is 0.0343. The van der Waals surface area contributed by atoms with Gasteiger partial charge in [-0.3, -0.25) is 0 Å². The maximum absolute atomic E-state index is 15.9. The Morgan fingerprint density at radius 2 is 1.89 bits per heavy atom. The molecule has 2 aliphatic heterocycles. The van der Waals surface area contributed by atoms with Gasteiger partial charge in [-0.1, -0.05) is 0 Å². The number of allylic oxidation sites excluding steroid dienone is 1. The number of aliphatic imine (C=N–C) groups is 1. The van der Waals surface area contributed by atoms with E-state index in [4.69, 9.17) is 9.73 Å². The minimum atomic E-state index is -3.75. The summed E-state index contributed by atoms with van der Waals surface area (Å²) in [7, 11) is -1.91. The molecule has 14 heteroatoms. The number of nitrogens with one attached hydrogen (secondary N) is 1. The van der Waals surface area contributed by atoms with Crippen LogP contribution in [0.5, 0.6) is 11.5 Å². The van der Waals surface area contributed by atoms with Gasteiger partial charge in [0.15, 0.2) is 0 Å². The first-order valence-corrected chi connectivity index (χ1v) is 21.0. The van der Waals surface area contributed by atoms with Crippen LogP contribution in [0.3, 0.4) is 0 Å². The summed E-state index contributed by atoms with van der Waals surface area (Å²) in [5, 5.41) is 14.5. The van der Waals surface area contributed by atoms with E-state index in [9.17, 15) is 18.3 Å². The average molecular weight is 855 g/mol. The van der Waals surface area contributed by atoms with Crippen LogP contribution < -0.4 is 26.2 Å². The second-order valence-corrected chi connectivity index (χ2v) is 19.4. The summed E-state index contributed by atoms with van der Waals surface area (Å²) in [6, 6.07) is 15.1. The second kappa shape index (κ2) is 14.0. The van der Waals surface area contributed by atoms with Crippen LogP contribution in [0.4, 0.5) is 8.78 Å². The first-order valence-electron chi connectivity index (χ1n) is 17.2. The van der Waals surface area contributed by atoms with E-state index in [2.05, 4.69) is 14.2 Å². The Kier molecular flexibility index (Phi) is 9.72. The summed E-state index contributed by atoms with van der Waals surface area (Å²) in [5.74, 6) is -1.66. The van der Waals surface area contributed by atoms with Gasteiger partial charge in [0.05, 0.1) is 0 Å². The number of aromatic amines is 1. The summed E-state index contributed by atoms with van der Waals surface area (Å²) in [4.78, 5) is 19.5. The molecule has 2 aromatic heterocycles. The third-order valence-corrected chi connectivity index (χ3v) is 15.1. The molecule has 0 radical (unpaired) electrons. The van der Waals surface area contributed by atoms with Crippen LogP contribution in [0.2, 0.25) is 0 Å². The van der Waals surface area contributed by atoms with E-state index in [1.807, 2.05) is 47.4 Å². The molecule has 1 atom stereocenters. The Balaban J connectivity index is 1.40. The monoisotopic (exact) mass is 854 g/mol. The van der Waals surface area contributed by atoms with Gasteiger partial charge in [-0.25, -0.2) is 0 Å². The first-order chi connectivity index (χ1) is 25.2. The second-order valence-electron chi connectivity index (χ2n) is 14.1. The number of carboxylic acids is 1. The zero-order valence-corrected chi connectivity index (χ0v) is 32.6. The molecule has 0 saturated heterocycles. The van der Waals surface area contributed by atoms with Gasteiger partial charge in [-0.05, 0) is 0 Å². The molecule has 0 saturated carbocycles. The van der Waals surface area contributed by atoms with Gasteiger partial charge in [-0.15, -0.1) is 0 Å². The van der Waals surface area contributed by atoms with E-state index in [-0.39, 0.29) is 35.8 Å². The number of aryl methyl sites for hydroxylation is 1. The molecule has 0 fully saturated rings. The van der Waals surface area contributed by atoms with Crippen LogP contribution in [0.1, 0.15) is 67.9 Å². The Labute approximate surface area is 317 Å². The number of sulfone groups is 1. The normalized spacial score (nSPS) is 20.1. The predicted octanol–water partition coefficient (Wildman–Crippen LogP) is 4.44. The van der Waals surface area contributed by atoms with Crippen molar-refractivity contribution in [2.75, 3.05) is 12.8 Å². The number of hydrogen-bond acceptors (Lipinski definition) is 7. The Morgan fingerprint density at radius 1 is 1.08 bits per heavy atom. The van der Waals surface area contributed by atoms with Gasteiger partial charge in [0.1, 0.15) is 0 Å². The van der Waals surface area contributed by atoms with Crippen molar-refractivity contribution in [1.82, 2.24) is 17.9 Å². The van der Waals surface area contributed by atoms with E-state index < -0.39 is 59.1 Å².